The molecule has 0 saturated carbocycles. The minimum atomic E-state index is -0.264. The molecule has 2 atom stereocenters. The van der Waals surface area contributed by atoms with Crippen molar-refractivity contribution in [3.63, 3.8) is 0 Å². The first-order chi connectivity index (χ1) is 13.6. The first kappa shape index (κ1) is 18.3. The van der Waals surface area contributed by atoms with Crippen LogP contribution in [0.3, 0.4) is 0 Å². The molecule has 1 aliphatic heterocycles. The molecule has 7 heteroatoms. The van der Waals surface area contributed by atoms with Gasteiger partial charge in [-0.3, -0.25) is 0 Å². The van der Waals surface area contributed by atoms with E-state index in [1.54, 1.807) is 24.5 Å². The van der Waals surface area contributed by atoms with E-state index in [-0.39, 0.29) is 18.0 Å². The molecule has 0 unspecified atom stereocenters. The fraction of sp³-hybridized carbons (Fsp3) is 0.286. The van der Waals surface area contributed by atoms with Gasteiger partial charge in [0.1, 0.15) is 11.6 Å². The summed E-state index contributed by atoms with van der Waals surface area (Å²) in [6.45, 7) is 5.75. The smallest absolute Gasteiger partial charge is 0.153 e. The molecule has 0 aliphatic carbocycles. The van der Waals surface area contributed by atoms with Crippen molar-refractivity contribution in [2.45, 2.75) is 26.1 Å². The molecule has 1 N–H and O–H groups in total. The summed E-state index contributed by atoms with van der Waals surface area (Å²) in [6.07, 6.45) is 3.77. The highest BCUT2D eigenvalue weighted by Gasteiger charge is 2.23. The Morgan fingerprint density at radius 2 is 1.79 bits per heavy atom. The lowest BCUT2D eigenvalue weighted by Gasteiger charge is -2.36. The minimum Gasteiger partial charge on any atom is -0.372 e. The first-order valence-corrected chi connectivity index (χ1v) is 9.29. The number of nitrogens with one attached hydrogen (secondary N) is 1. The predicted molar refractivity (Wildman–Crippen MR) is 107 cm³/mol. The molecule has 0 radical (unpaired) electrons. The summed E-state index contributed by atoms with van der Waals surface area (Å²) in [5.41, 5.74) is 2.62. The Kier molecular flexibility index (Phi) is 5.16. The Labute approximate surface area is 163 Å². The summed E-state index contributed by atoms with van der Waals surface area (Å²) in [5.74, 6) is 1.25. The lowest BCUT2D eigenvalue weighted by Crippen LogP contribution is -2.45. The zero-order chi connectivity index (χ0) is 19.5. The molecule has 4 rings (SSSR count). The van der Waals surface area contributed by atoms with Crippen molar-refractivity contribution in [2.75, 3.05) is 23.3 Å². The van der Waals surface area contributed by atoms with Gasteiger partial charge in [0.15, 0.2) is 5.82 Å². The standard InChI is InChI=1S/C21H22FN5O/c1-14-12-27(13-15(2)28-14)21-10-19(7-8-23-21)25-20-9-17(11-24-26-20)16-3-5-18(22)6-4-16/h3-11,14-15H,12-13H2,1-2H3,(H,23,25,26)/t14-,15+. The highest BCUT2D eigenvalue weighted by atomic mass is 19.1. The van der Waals surface area contributed by atoms with Crippen molar-refractivity contribution in [1.82, 2.24) is 15.2 Å². The van der Waals surface area contributed by atoms with Gasteiger partial charge in [0.25, 0.3) is 0 Å². The molecule has 1 fully saturated rings. The molecule has 6 nitrogen and oxygen atoms in total. The molecule has 0 bridgehead atoms. The van der Waals surface area contributed by atoms with Crippen LogP contribution in [0.1, 0.15) is 13.8 Å². The molecular formula is C21H22FN5O. The second kappa shape index (κ2) is 7.90. The van der Waals surface area contributed by atoms with E-state index < -0.39 is 0 Å². The number of ether oxygens (including phenoxy) is 1. The molecule has 3 heterocycles. The molecule has 1 aromatic carbocycles. The first-order valence-electron chi connectivity index (χ1n) is 9.29. The number of nitrogens with zero attached hydrogens (tertiary/aromatic N) is 4. The Morgan fingerprint density at radius 1 is 1.04 bits per heavy atom. The molecule has 1 aliphatic rings. The summed E-state index contributed by atoms with van der Waals surface area (Å²) in [5, 5.41) is 11.5. The molecular weight excluding hydrogens is 357 g/mol. The van der Waals surface area contributed by atoms with Gasteiger partial charge >= 0.3 is 0 Å². The Hall–Kier alpha value is -3.06. The maximum absolute atomic E-state index is 13.2. The zero-order valence-corrected chi connectivity index (χ0v) is 15.8. The van der Waals surface area contributed by atoms with Crippen LogP contribution in [0.15, 0.2) is 54.9 Å². The van der Waals surface area contributed by atoms with Gasteiger partial charge in [-0.1, -0.05) is 12.1 Å². The number of hydrogen-bond acceptors (Lipinski definition) is 6. The van der Waals surface area contributed by atoms with Crippen molar-refractivity contribution in [2.24, 2.45) is 0 Å². The van der Waals surface area contributed by atoms with Crippen LogP contribution in [0.5, 0.6) is 0 Å². The van der Waals surface area contributed by atoms with Gasteiger partial charge in [-0.2, -0.15) is 5.10 Å². The molecule has 1 saturated heterocycles. The highest BCUT2D eigenvalue weighted by Crippen LogP contribution is 2.25. The Morgan fingerprint density at radius 3 is 2.54 bits per heavy atom. The summed E-state index contributed by atoms with van der Waals surface area (Å²) >= 11 is 0. The predicted octanol–water partition coefficient (Wildman–Crippen LogP) is 4.03. The summed E-state index contributed by atoms with van der Waals surface area (Å²) in [4.78, 5) is 6.73. The minimum absolute atomic E-state index is 0.167. The number of hydrogen-bond donors (Lipinski definition) is 1. The largest absolute Gasteiger partial charge is 0.372 e. The van der Waals surface area contributed by atoms with Gasteiger partial charge in [0.2, 0.25) is 0 Å². The maximum atomic E-state index is 13.2. The monoisotopic (exact) mass is 379 g/mol. The van der Waals surface area contributed by atoms with Crippen LogP contribution in [0.4, 0.5) is 21.7 Å². The lowest BCUT2D eigenvalue weighted by molar-refractivity contribution is -0.00545. The van der Waals surface area contributed by atoms with Gasteiger partial charge in [0, 0.05) is 36.6 Å². The van der Waals surface area contributed by atoms with Crippen molar-refractivity contribution < 1.29 is 9.13 Å². The van der Waals surface area contributed by atoms with E-state index in [9.17, 15) is 4.39 Å². The summed E-state index contributed by atoms with van der Waals surface area (Å²) < 4.78 is 19.0. The molecule has 2 aromatic heterocycles. The number of anilines is 3. The number of aromatic nitrogens is 3. The second-order valence-electron chi connectivity index (χ2n) is 7.03. The quantitative estimate of drug-likeness (QED) is 0.738. The van der Waals surface area contributed by atoms with E-state index in [1.165, 1.54) is 12.1 Å². The molecule has 144 valence electrons. The molecule has 0 spiro atoms. The average molecular weight is 379 g/mol. The van der Waals surface area contributed by atoms with Crippen molar-refractivity contribution in [3.05, 3.63) is 60.7 Å². The topological polar surface area (TPSA) is 63.2 Å². The van der Waals surface area contributed by atoms with Crippen molar-refractivity contribution >= 4 is 17.3 Å². The van der Waals surface area contributed by atoms with Gasteiger partial charge in [0.05, 0.1) is 18.4 Å². The van der Waals surface area contributed by atoms with Crippen LogP contribution in [0.2, 0.25) is 0 Å². The fourth-order valence-electron chi connectivity index (χ4n) is 3.41. The summed E-state index contributed by atoms with van der Waals surface area (Å²) in [7, 11) is 0. The molecule has 28 heavy (non-hydrogen) atoms. The van der Waals surface area contributed by atoms with E-state index in [0.29, 0.717) is 5.82 Å². The molecule has 3 aromatic rings. The number of pyridine rings is 1. The van der Waals surface area contributed by atoms with E-state index in [1.807, 2.05) is 18.2 Å². The third kappa shape index (κ3) is 4.26. The van der Waals surface area contributed by atoms with Crippen molar-refractivity contribution in [1.29, 1.82) is 0 Å². The van der Waals surface area contributed by atoms with Gasteiger partial charge in [-0.05, 0) is 43.7 Å². The normalized spacial score (nSPS) is 19.5. The Balaban J connectivity index is 1.53. The Bertz CT molecular complexity index is 940. The number of benzene rings is 1. The van der Waals surface area contributed by atoms with Crippen LogP contribution in [-0.4, -0.2) is 40.5 Å². The van der Waals surface area contributed by atoms with E-state index in [0.717, 1.165) is 35.7 Å². The van der Waals surface area contributed by atoms with Crippen LogP contribution >= 0.6 is 0 Å². The van der Waals surface area contributed by atoms with Crippen LogP contribution in [-0.2, 0) is 4.74 Å². The number of morpholine rings is 1. The second-order valence-corrected chi connectivity index (χ2v) is 7.03. The number of rotatable bonds is 4. The maximum Gasteiger partial charge on any atom is 0.153 e. The fourth-order valence-corrected chi connectivity index (χ4v) is 3.41. The van der Waals surface area contributed by atoms with E-state index in [4.69, 9.17) is 4.74 Å². The van der Waals surface area contributed by atoms with E-state index in [2.05, 4.69) is 39.2 Å². The third-order valence-corrected chi connectivity index (χ3v) is 4.59. The van der Waals surface area contributed by atoms with Crippen LogP contribution in [0.25, 0.3) is 11.1 Å². The number of halogens is 1. The van der Waals surface area contributed by atoms with Gasteiger partial charge in [-0.15, -0.1) is 5.10 Å². The van der Waals surface area contributed by atoms with Crippen molar-refractivity contribution in [3.8, 4) is 11.1 Å². The summed E-state index contributed by atoms with van der Waals surface area (Å²) in [6, 6.07) is 12.1. The third-order valence-electron chi connectivity index (χ3n) is 4.59. The zero-order valence-electron chi connectivity index (χ0n) is 15.8. The average Bonchev–Trinajstić information content (AvgIpc) is 2.68. The highest BCUT2D eigenvalue weighted by molar-refractivity contribution is 5.68. The SMILES string of the molecule is C[C@@H]1CN(c2cc(Nc3cc(-c4ccc(F)cc4)cnn3)ccn2)C[C@H](C)O1. The van der Waals surface area contributed by atoms with Crippen LogP contribution < -0.4 is 10.2 Å². The molecule has 0 amide bonds. The van der Waals surface area contributed by atoms with Gasteiger partial charge in [-0.25, -0.2) is 9.37 Å². The van der Waals surface area contributed by atoms with Gasteiger partial charge < -0.3 is 15.0 Å². The van der Waals surface area contributed by atoms with Crippen LogP contribution in [0, 0.1) is 5.82 Å². The van der Waals surface area contributed by atoms with E-state index >= 15 is 0 Å². The lowest BCUT2D eigenvalue weighted by atomic mass is 10.1.